The molecule has 114 valence electrons. The number of aromatic nitrogens is 2. The highest BCUT2D eigenvalue weighted by Crippen LogP contribution is 2.39. The molecular weight excluding hydrogens is 292 g/mol. The van der Waals surface area contributed by atoms with E-state index in [1.54, 1.807) is 6.33 Å². The van der Waals surface area contributed by atoms with E-state index >= 15 is 0 Å². The number of rotatable bonds is 4. The standard InChI is InChI=1S/C10H14N2S.C4H4O4/c1-8-3-10(2,6-13-8)4-9-5-11-7-12-9;5-3(6)1-2-4(7)8/h3,5,7H,4,6H2,1-2H3,(H,11,12);1-2H,(H,5,6)(H,7,8). The maximum atomic E-state index is 9.55. The number of aliphatic carboxylic acids is 2. The highest BCUT2D eigenvalue weighted by Gasteiger charge is 2.28. The Morgan fingerprint density at radius 1 is 1.43 bits per heavy atom. The Morgan fingerprint density at radius 3 is 2.43 bits per heavy atom. The van der Waals surface area contributed by atoms with Gasteiger partial charge in [-0.25, -0.2) is 14.6 Å². The van der Waals surface area contributed by atoms with Crippen molar-refractivity contribution in [2.45, 2.75) is 20.3 Å². The average molecular weight is 310 g/mol. The van der Waals surface area contributed by atoms with Crippen molar-refractivity contribution in [3.63, 3.8) is 0 Å². The van der Waals surface area contributed by atoms with Gasteiger partial charge in [0.2, 0.25) is 0 Å². The molecule has 2 rings (SSSR count). The monoisotopic (exact) mass is 310 g/mol. The van der Waals surface area contributed by atoms with Gasteiger partial charge in [0.25, 0.3) is 0 Å². The first-order valence-electron chi connectivity index (χ1n) is 6.24. The van der Waals surface area contributed by atoms with Gasteiger partial charge in [0.1, 0.15) is 0 Å². The predicted molar refractivity (Wildman–Crippen MR) is 81.0 cm³/mol. The van der Waals surface area contributed by atoms with Crippen molar-refractivity contribution in [3.8, 4) is 0 Å². The summed E-state index contributed by atoms with van der Waals surface area (Å²) in [5.41, 5.74) is 1.47. The van der Waals surface area contributed by atoms with E-state index in [9.17, 15) is 9.59 Å². The van der Waals surface area contributed by atoms with Crippen LogP contribution in [0.3, 0.4) is 0 Å². The molecule has 1 unspecified atom stereocenters. The third-order valence-corrected chi connectivity index (χ3v) is 4.07. The lowest BCUT2D eigenvalue weighted by atomic mass is 9.87. The topological polar surface area (TPSA) is 103 Å². The van der Waals surface area contributed by atoms with Crippen molar-refractivity contribution in [2.24, 2.45) is 5.41 Å². The van der Waals surface area contributed by atoms with Crippen LogP contribution in [0, 0.1) is 5.41 Å². The number of hydrogen-bond donors (Lipinski definition) is 3. The minimum absolute atomic E-state index is 0.309. The zero-order valence-electron chi connectivity index (χ0n) is 11.9. The number of carboxylic acid groups (broad SMARTS) is 2. The summed E-state index contributed by atoms with van der Waals surface area (Å²) in [4.78, 5) is 27.8. The number of thioether (sulfide) groups is 1. The molecule has 0 aliphatic carbocycles. The van der Waals surface area contributed by atoms with Crippen LogP contribution in [0.15, 0.2) is 35.7 Å². The summed E-state index contributed by atoms with van der Waals surface area (Å²) in [5.74, 6) is -1.33. The number of H-pyrrole nitrogens is 1. The van der Waals surface area contributed by atoms with Crippen LogP contribution in [-0.4, -0.2) is 37.9 Å². The van der Waals surface area contributed by atoms with Crippen LogP contribution in [0.25, 0.3) is 0 Å². The molecule has 7 heteroatoms. The van der Waals surface area contributed by atoms with Gasteiger partial charge in [0.15, 0.2) is 0 Å². The number of allylic oxidation sites excluding steroid dienone is 2. The van der Waals surface area contributed by atoms with Crippen molar-refractivity contribution in [3.05, 3.63) is 41.4 Å². The predicted octanol–water partition coefficient (Wildman–Crippen LogP) is 2.32. The molecule has 0 radical (unpaired) electrons. The second kappa shape index (κ2) is 7.68. The van der Waals surface area contributed by atoms with Gasteiger partial charge < -0.3 is 15.2 Å². The minimum Gasteiger partial charge on any atom is -0.478 e. The molecule has 2 heterocycles. The van der Waals surface area contributed by atoms with Gasteiger partial charge in [-0.2, -0.15) is 0 Å². The summed E-state index contributed by atoms with van der Waals surface area (Å²) in [6, 6.07) is 0. The van der Waals surface area contributed by atoms with E-state index < -0.39 is 11.9 Å². The normalized spacial score (nSPS) is 20.8. The Labute approximate surface area is 127 Å². The minimum atomic E-state index is -1.26. The second-order valence-electron chi connectivity index (χ2n) is 4.94. The summed E-state index contributed by atoms with van der Waals surface area (Å²) < 4.78 is 0. The molecule has 0 aromatic carbocycles. The van der Waals surface area contributed by atoms with Gasteiger partial charge in [0.05, 0.1) is 12.0 Å². The van der Waals surface area contributed by atoms with E-state index in [1.807, 2.05) is 18.0 Å². The fourth-order valence-electron chi connectivity index (χ4n) is 1.90. The first-order valence-corrected chi connectivity index (χ1v) is 7.23. The number of carbonyl (C=O) groups is 2. The van der Waals surface area contributed by atoms with Gasteiger partial charge in [0, 0.05) is 35.9 Å². The Hall–Kier alpha value is -2.02. The first kappa shape index (κ1) is 17.0. The molecule has 3 N–H and O–H groups in total. The van der Waals surface area contributed by atoms with Crippen molar-refractivity contribution in [1.29, 1.82) is 0 Å². The Bertz CT molecular complexity index is 535. The van der Waals surface area contributed by atoms with E-state index in [4.69, 9.17) is 10.2 Å². The smallest absolute Gasteiger partial charge is 0.328 e. The fourth-order valence-corrected chi connectivity index (χ4v) is 3.01. The summed E-state index contributed by atoms with van der Waals surface area (Å²) in [6.07, 6.45) is 8.26. The lowest BCUT2D eigenvalue weighted by Gasteiger charge is -2.18. The van der Waals surface area contributed by atoms with E-state index in [0.29, 0.717) is 17.6 Å². The highest BCUT2D eigenvalue weighted by molar-refractivity contribution is 8.03. The van der Waals surface area contributed by atoms with E-state index in [0.717, 1.165) is 12.1 Å². The molecule has 0 saturated heterocycles. The quantitative estimate of drug-likeness (QED) is 0.737. The summed E-state index contributed by atoms with van der Waals surface area (Å²) in [7, 11) is 0. The third-order valence-electron chi connectivity index (χ3n) is 2.69. The molecule has 21 heavy (non-hydrogen) atoms. The van der Waals surface area contributed by atoms with Crippen LogP contribution in [0.1, 0.15) is 19.5 Å². The van der Waals surface area contributed by atoms with E-state index in [1.165, 1.54) is 10.7 Å². The van der Waals surface area contributed by atoms with Gasteiger partial charge in [-0.15, -0.1) is 11.8 Å². The summed E-state index contributed by atoms with van der Waals surface area (Å²) in [6.45, 7) is 4.48. The zero-order chi connectivity index (χ0) is 15.9. The maximum Gasteiger partial charge on any atom is 0.328 e. The van der Waals surface area contributed by atoms with Crippen LogP contribution < -0.4 is 0 Å². The highest BCUT2D eigenvalue weighted by atomic mass is 32.2. The molecule has 1 aromatic heterocycles. The van der Waals surface area contributed by atoms with Crippen LogP contribution in [0.4, 0.5) is 0 Å². The molecule has 0 spiro atoms. The zero-order valence-corrected chi connectivity index (χ0v) is 12.7. The number of imidazole rings is 1. The first-order chi connectivity index (χ1) is 9.81. The summed E-state index contributed by atoms with van der Waals surface area (Å²) >= 11 is 1.95. The van der Waals surface area contributed by atoms with E-state index in [-0.39, 0.29) is 0 Å². The largest absolute Gasteiger partial charge is 0.478 e. The van der Waals surface area contributed by atoms with Crippen molar-refractivity contribution in [2.75, 3.05) is 5.75 Å². The third kappa shape index (κ3) is 6.80. The average Bonchev–Trinajstić information content (AvgIpc) is 2.98. The van der Waals surface area contributed by atoms with Crippen molar-refractivity contribution in [1.82, 2.24) is 9.97 Å². The molecular formula is C14H18N2O4S. The van der Waals surface area contributed by atoms with Gasteiger partial charge in [-0.05, 0) is 11.8 Å². The summed E-state index contributed by atoms with van der Waals surface area (Å²) in [5, 5.41) is 15.6. The van der Waals surface area contributed by atoms with Crippen LogP contribution in [0.5, 0.6) is 0 Å². The molecule has 0 fully saturated rings. The fraction of sp³-hybridized carbons (Fsp3) is 0.357. The van der Waals surface area contributed by atoms with Crippen LogP contribution >= 0.6 is 11.8 Å². The van der Waals surface area contributed by atoms with E-state index in [2.05, 4.69) is 29.9 Å². The molecule has 0 saturated carbocycles. The lowest BCUT2D eigenvalue weighted by molar-refractivity contribution is -0.134. The number of nitrogens with one attached hydrogen (secondary N) is 1. The molecule has 0 amide bonds. The second-order valence-corrected chi connectivity index (χ2v) is 6.17. The molecule has 1 aliphatic heterocycles. The molecule has 1 atom stereocenters. The lowest BCUT2D eigenvalue weighted by Crippen LogP contribution is -2.17. The van der Waals surface area contributed by atoms with Crippen molar-refractivity contribution < 1.29 is 19.8 Å². The molecule has 0 bridgehead atoms. The Kier molecular flexibility index (Phi) is 6.23. The molecule has 6 nitrogen and oxygen atoms in total. The van der Waals surface area contributed by atoms with Crippen molar-refractivity contribution >= 4 is 23.7 Å². The maximum absolute atomic E-state index is 9.55. The SMILES string of the molecule is CC1=CC(C)(Cc2c[nH]cn2)CS1.O=C(O)C=CC(=O)O. The molecule has 1 aliphatic rings. The molecule has 1 aromatic rings. The number of carboxylic acids is 2. The van der Waals surface area contributed by atoms with Crippen LogP contribution in [0.2, 0.25) is 0 Å². The number of hydrogen-bond acceptors (Lipinski definition) is 4. The van der Waals surface area contributed by atoms with Gasteiger partial charge in [-0.3, -0.25) is 0 Å². The Balaban J connectivity index is 0.000000240. The Morgan fingerprint density at radius 2 is 2.05 bits per heavy atom. The number of nitrogens with zero attached hydrogens (tertiary/aromatic N) is 1. The van der Waals surface area contributed by atoms with Gasteiger partial charge >= 0.3 is 11.9 Å². The van der Waals surface area contributed by atoms with Crippen LogP contribution in [-0.2, 0) is 16.0 Å². The number of aromatic amines is 1. The van der Waals surface area contributed by atoms with Gasteiger partial charge in [-0.1, -0.05) is 13.0 Å².